The van der Waals surface area contributed by atoms with Crippen LogP contribution >= 0.6 is 0 Å². The zero-order valence-electron chi connectivity index (χ0n) is 14.1. The van der Waals surface area contributed by atoms with Gasteiger partial charge in [-0.3, -0.25) is 0 Å². The molecule has 5 nitrogen and oxygen atoms in total. The van der Waals surface area contributed by atoms with Crippen molar-refractivity contribution in [2.75, 3.05) is 23.8 Å². The van der Waals surface area contributed by atoms with Crippen molar-refractivity contribution in [3.8, 4) is 6.07 Å². The van der Waals surface area contributed by atoms with Gasteiger partial charge in [-0.15, -0.1) is 0 Å². The van der Waals surface area contributed by atoms with E-state index in [0.717, 1.165) is 30.4 Å². The molecule has 5 heteroatoms. The number of nitrogens with one attached hydrogen (secondary N) is 1. The number of nitriles is 1. The first-order valence-corrected chi connectivity index (χ1v) is 7.52. The monoisotopic (exact) mass is 289 g/mol. The second kappa shape index (κ2) is 7.26. The van der Waals surface area contributed by atoms with Crippen molar-refractivity contribution in [3.63, 3.8) is 0 Å². The van der Waals surface area contributed by atoms with Crippen LogP contribution in [0, 0.1) is 11.3 Å². The van der Waals surface area contributed by atoms with Gasteiger partial charge in [0.2, 0.25) is 0 Å². The van der Waals surface area contributed by atoms with Gasteiger partial charge < -0.3 is 10.2 Å². The SMILES string of the molecule is CCCNc1cc(N(C)C(C)CC#N)nc(C(C)(C)C)n1. The van der Waals surface area contributed by atoms with Crippen molar-refractivity contribution in [2.24, 2.45) is 0 Å². The normalized spacial score (nSPS) is 12.6. The van der Waals surface area contributed by atoms with Crippen LogP contribution in [0.2, 0.25) is 0 Å². The molecule has 0 spiro atoms. The molecule has 1 N–H and O–H groups in total. The number of aromatic nitrogens is 2. The van der Waals surface area contributed by atoms with Crippen molar-refractivity contribution in [2.45, 2.75) is 58.9 Å². The number of hydrogen-bond donors (Lipinski definition) is 1. The molecule has 0 aliphatic heterocycles. The van der Waals surface area contributed by atoms with Crippen molar-refractivity contribution in [1.82, 2.24) is 9.97 Å². The molecule has 0 saturated carbocycles. The highest BCUT2D eigenvalue weighted by molar-refractivity contribution is 5.50. The van der Waals surface area contributed by atoms with Crippen molar-refractivity contribution >= 4 is 11.6 Å². The second-order valence-corrected chi connectivity index (χ2v) is 6.43. The largest absolute Gasteiger partial charge is 0.370 e. The molecule has 1 aromatic heterocycles. The number of hydrogen-bond acceptors (Lipinski definition) is 5. The fourth-order valence-corrected chi connectivity index (χ4v) is 1.79. The average Bonchev–Trinajstić information content (AvgIpc) is 2.43. The first kappa shape index (κ1) is 17.2. The maximum atomic E-state index is 8.87. The van der Waals surface area contributed by atoms with Crippen molar-refractivity contribution < 1.29 is 0 Å². The van der Waals surface area contributed by atoms with E-state index in [1.54, 1.807) is 0 Å². The van der Waals surface area contributed by atoms with Gasteiger partial charge >= 0.3 is 0 Å². The molecule has 0 bridgehead atoms. The predicted octanol–water partition coefficient (Wildman–Crippen LogP) is 3.33. The van der Waals surface area contributed by atoms with Crippen LogP contribution in [0.4, 0.5) is 11.6 Å². The van der Waals surface area contributed by atoms with E-state index in [2.05, 4.69) is 49.0 Å². The highest BCUT2D eigenvalue weighted by Gasteiger charge is 2.21. The minimum absolute atomic E-state index is 0.113. The van der Waals surface area contributed by atoms with E-state index in [9.17, 15) is 0 Å². The Kier molecular flexibility index (Phi) is 5.95. The zero-order valence-corrected chi connectivity index (χ0v) is 14.1. The van der Waals surface area contributed by atoms with Crippen LogP contribution in [0.5, 0.6) is 0 Å². The molecule has 0 aliphatic rings. The topological polar surface area (TPSA) is 64.8 Å². The Morgan fingerprint density at radius 2 is 2.05 bits per heavy atom. The lowest BCUT2D eigenvalue weighted by atomic mass is 9.95. The summed E-state index contributed by atoms with van der Waals surface area (Å²) in [5.74, 6) is 2.52. The Morgan fingerprint density at radius 3 is 2.57 bits per heavy atom. The Bertz CT molecular complexity index is 498. The van der Waals surface area contributed by atoms with Crippen molar-refractivity contribution in [3.05, 3.63) is 11.9 Å². The maximum Gasteiger partial charge on any atom is 0.138 e. The lowest BCUT2D eigenvalue weighted by Gasteiger charge is -2.27. The first-order valence-electron chi connectivity index (χ1n) is 7.52. The molecule has 116 valence electrons. The molecule has 0 radical (unpaired) electrons. The Balaban J connectivity index is 3.15. The molecular formula is C16H27N5. The summed E-state index contributed by atoms with van der Waals surface area (Å²) in [4.78, 5) is 11.3. The Labute approximate surface area is 128 Å². The minimum Gasteiger partial charge on any atom is -0.370 e. The van der Waals surface area contributed by atoms with E-state index in [-0.39, 0.29) is 11.5 Å². The maximum absolute atomic E-state index is 8.87. The summed E-state index contributed by atoms with van der Waals surface area (Å²) in [6.07, 6.45) is 1.52. The van der Waals surface area contributed by atoms with Crippen molar-refractivity contribution in [1.29, 1.82) is 5.26 Å². The van der Waals surface area contributed by atoms with Gasteiger partial charge in [0.15, 0.2) is 0 Å². The highest BCUT2D eigenvalue weighted by Crippen LogP contribution is 2.24. The first-order chi connectivity index (χ1) is 9.79. The van der Waals surface area contributed by atoms with E-state index in [1.807, 2.05) is 24.9 Å². The van der Waals surface area contributed by atoms with Crippen LogP contribution in [0.25, 0.3) is 0 Å². The quantitative estimate of drug-likeness (QED) is 0.870. The van der Waals surface area contributed by atoms with E-state index in [0.29, 0.717) is 6.42 Å². The van der Waals surface area contributed by atoms with Crippen LogP contribution in [0.1, 0.15) is 53.3 Å². The summed E-state index contributed by atoms with van der Waals surface area (Å²) >= 11 is 0. The minimum atomic E-state index is -0.113. The molecule has 0 aliphatic carbocycles. The van der Waals surface area contributed by atoms with Gasteiger partial charge in [0.25, 0.3) is 0 Å². The smallest absolute Gasteiger partial charge is 0.138 e. The summed E-state index contributed by atoms with van der Waals surface area (Å²) < 4.78 is 0. The Hall–Kier alpha value is -1.83. The summed E-state index contributed by atoms with van der Waals surface area (Å²) in [6, 6.07) is 4.29. The summed E-state index contributed by atoms with van der Waals surface area (Å²) in [5, 5.41) is 12.2. The predicted molar refractivity (Wildman–Crippen MR) is 87.6 cm³/mol. The third-order valence-corrected chi connectivity index (χ3v) is 3.35. The van der Waals surface area contributed by atoms with E-state index >= 15 is 0 Å². The lowest BCUT2D eigenvalue weighted by Crippen LogP contribution is -2.30. The second-order valence-electron chi connectivity index (χ2n) is 6.43. The molecule has 1 heterocycles. The van der Waals surface area contributed by atoms with Gasteiger partial charge in [0.05, 0.1) is 12.5 Å². The molecule has 0 aromatic carbocycles. The lowest BCUT2D eigenvalue weighted by molar-refractivity contribution is 0.543. The molecule has 0 fully saturated rings. The molecule has 1 rings (SSSR count). The third kappa shape index (κ3) is 4.89. The fourth-order valence-electron chi connectivity index (χ4n) is 1.79. The van der Waals surface area contributed by atoms with Crippen LogP contribution < -0.4 is 10.2 Å². The van der Waals surface area contributed by atoms with Gasteiger partial charge in [-0.1, -0.05) is 27.7 Å². The van der Waals surface area contributed by atoms with Crippen LogP contribution in [0.15, 0.2) is 6.07 Å². The van der Waals surface area contributed by atoms with Gasteiger partial charge in [-0.05, 0) is 13.3 Å². The molecule has 21 heavy (non-hydrogen) atoms. The van der Waals surface area contributed by atoms with Crippen LogP contribution in [0.3, 0.4) is 0 Å². The van der Waals surface area contributed by atoms with Gasteiger partial charge in [0, 0.05) is 31.1 Å². The van der Waals surface area contributed by atoms with Gasteiger partial charge in [0.1, 0.15) is 17.5 Å². The molecule has 1 atom stereocenters. The molecule has 0 saturated heterocycles. The summed E-state index contributed by atoms with van der Waals surface area (Å²) in [5.41, 5.74) is -0.113. The van der Waals surface area contributed by atoms with E-state index < -0.39 is 0 Å². The summed E-state index contributed by atoms with van der Waals surface area (Å²) in [7, 11) is 1.97. The third-order valence-electron chi connectivity index (χ3n) is 3.35. The zero-order chi connectivity index (χ0) is 16.0. The standard InChI is InChI=1S/C16H27N5/c1-7-10-18-13-11-14(21(6)12(2)8-9-17)20-15(19-13)16(3,4)5/h11-12H,7-8,10H2,1-6H3,(H,18,19,20). The fraction of sp³-hybridized carbons (Fsp3) is 0.688. The average molecular weight is 289 g/mol. The summed E-state index contributed by atoms with van der Waals surface area (Å²) in [6.45, 7) is 11.4. The van der Waals surface area contributed by atoms with E-state index in [1.165, 1.54) is 0 Å². The molecular weight excluding hydrogens is 262 g/mol. The number of rotatable bonds is 6. The molecule has 0 amide bonds. The van der Waals surface area contributed by atoms with Gasteiger partial charge in [-0.2, -0.15) is 5.26 Å². The van der Waals surface area contributed by atoms with Crippen LogP contribution in [-0.2, 0) is 5.41 Å². The Morgan fingerprint density at radius 1 is 1.38 bits per heavy atom. The van der Waals surface area contributed by atoms with Crippen LogP contribution in [-0.4, -0.2) is 29.6 Å². The van der Waals surface area contributed by atoms with E-state index in [4.69, 9.17) is 5.26 Å². The molecule has 1 aromatic rings. The van der Waals surface area contributed by atoms with Gasteiger partial charge in [-0.25, -0.2) is 9.97 Å². The molecule has 1 unspecified atom stereocenters. The number of anilines is 2. The highest BCUT2D eigenvalue weighted by atomic mass is 15.2. The number of nitrogens with zero attached hydrogens (tertiary/aromatic N) is 4.